The number of esters is 1. The highest BCUT2D eigenvalue weighted by Crippen LogP contribution is 2.41. The van der Waals surface area contributed by atoms with E-state index in [0.29, 0.717) is 17.2 Å². The van der Waals surface area contributed by atoms with Crippen molar-refractivity contribution in [3.05, 3.63) is 35.4 Å². The Hall–Kier alpha value is -1.49. The van der Waals surface area contributed by atoms with E-state index in [9.17, 15) is 9.59 Å². The fourth-order valence-corrected chi connectivity index (χ4v) is 5.72. The number of benzene rings is 1. The van der Waals surface area contributed by atoms with E-state index < -0.39 is 6.04 Å². The molecule has 0 aromatic heterocycles. The summed E-state index contributed by atoms with van der Waals surface area (Å²) in [6, 6.07) is 7.32. The summed E-state index contributed by atoms with van der Waals surface area (Å²) in [5, 5.41) is 0.0772. The normalized spacial score (nSPS) is 23.6. The largest absolute Gasteiger partial charge is 0.461 e. The fourth-order valence-electron chi connectivity index (χ4n) is 4.09. The third-order valence-corrected chi connectivity index (χ3v) is 7.02. The number of rotatable bonds is 5. The Morgan fingerprint density at radius 3 is 2.41 bits per heavy atom. The number of amides is 1. The molecular formula is C22H31NO3S. The van der Waals surface area contributed by atoms with Crippen LogP contribution in [0.1, 0.15) is 68.8 Å². The van der Waals surface area contributed by atoms with E-state index in [2.05, 4.69) is 6.92 Å². The molecule has 0 bridgehead atoms. The van der Waals surface area contributed by atoms with Crippen LogP contribution in [0.5, 0.6) is 0 Å². The molecule has 3 rings (SSSR count). The van der Waals surface area contributed by atoms with Crippen molar-refractivity contribution >= 4 is 23.6 Å². The summed E-state index contributed by atoms with van der Waals surface area (Å²) in [5.74, 6) is 0.795. The van der Waals surface area contributed by atoms with Gasteiger partial charge in [0, 0.05) is 11.3 Å². The number of hydrogen-bond acceptors (Lipinski definition) is 4. The number of thioether (sulfide) groups is 1. The molecule has 2 fully saturated rings. The van der Waals surface area contributed by atoms with Gasteiger partial charge in [0.1, 0.15) is 6.04 Å². The quantitative estimate of drug-likeness (QED) is 0.687. The molecule has 4 nitrogen and oxygen atoms in total. The van der Waals surface area contributed by atoms with Crippen molar-refractivity contribution in [2.75, 3.05) is 5.75 Å². The average molecular weight is 390 g/mol. The molecular weight excluding hydrogens is 358 g/mol. The molecule has 1 aromatic rings. The molecule has 1 aliphatic heterocycles. The topological polar surface area (TPSA) is 46.6 Å². The molecule has 0 spiro atoms. The van der Waals surface area contributed by atoms with Crippen LogP contribution in [0.3, 0.4) is 0 Å². The number of ether oxygens (including phenoxy) is 1. The molecule has 1 aliphatic carbocycles. The molecule has 1 aromatic carbocycles. The first-order chi connectivity index (χ1) is 13.0. The van der Waals surface area contributed by atoms with E-state index in [1.807, 2.05) is 43.0 Å². The van der Waals surface area contributed by atoms with Gasteiger partial charge in [-0.15, -0.1) is 11.8 Å². The lowest BCUT2D eigenvalue weighted by Gasteiger charge is -2.35. The minimum Gasteiger partial charge on any atom is -0.461 e. The lowest BCUT2D eigenvalue weighted by molar-refractivity contribution is -0.152. The second-order valence-electron chi connectivity index (χ2n) is 7.89. The van der Waals surface area contributed by atoms with Crippen LogP contribution in [0.2, 0.25) is 0 Å². The van der Waals surface area contributed by atoms with Gasteiger partial charge < -0.3 is 9.64 Å². The fraction of sp³-hybridized carbons (Fsp3) is 0.636. The summed E-state index contributed by atoms with van der Waals surface area (Å²) in [6.07, 6.45) is 6.77. The molecule has 1 saturated heterocycles. The number of nitrogens with zero attached hydrogens (tertiary/aromatic N) is 1. The van der Waals surface area contributed by atoms with Crippen LogP contribution in [0.4, 0.5) is 0 Å². The van der Waals surface area contributed by atoms with Crippen molar-refractivity contribution in [1.29, 1.82) is 0 Å². The second kappa shape index (κ2) is 9.13. The van der Waals surface area contributed by atoms with Crippen molar-refractivity contribution in [2.45, 2.75) is 76.8 Å². The molecule has 1 heterocycles. The smallest absolute Gasteiger partial charge is 0.330 e. The van der Waals surface area contributed by atoms with E-state index in [1.54, 1.807) is 11.8 Å². The summed E-state index contributed by atoms with van der Waals surface area (Å²) in [7, 11) is 0. The lowest BCUT2D eigenvalue weighted by Crippen LogP contribution is -2.49. The van der Waals surface area contributed by atoms with Gasteiger partial charge >= 0.3 is 5.97 Å². The van der Waals surface area contributed by atoms with Gasteiger partial charge in [0.05, 0.1) is 11.5 Å². The van der Waals surface area contributed by atoms with Crippen molar-refractivity contribution in [3.63, 3.8) is 0 Å². The maximum Gasteiger partial charge on any atom is 0.330 e. The second-order valence-corrected chi connectivity index (χ2v) is 9.04. The SMILES string of the molecule is CCc1ccc(C(=O)N2C(C(=O)OC(C)C)CSC2C2CCCCC2)cc1. The van der Waals surface area contributed by atoms with Crippen LogP contribution in [0.15, 0.2) is 24.3 Å². The highest BCUT2D eigenvalue weighted by atomic mass is 32.2. The predicted octanol–water partition coefficient (Wildman–Crippen LogP) is 4.66. The summed E-state index contributed by atoms with van der Waals surface area (Å²) in [6.45, 7) is 5.81. The first-order valence-electron chi connectivity index (χ1n) is 10.2. The van der Waals surface area contributed by atoms with Crippen LogP contribution in [-0.2, 0) is 16.0 Å². The highest BCUT2D eigenvalue weighted by molar-refractivity contribution is 8.00. The maximum atomic E-state index is 13.4. The van der Waals surface area contributed by atoms with Crippen molar-refractivity contribution in [3.8, 4) is 0 Å². The van der Waals surface area contributed by atoms with Gasteiger partial charge in [0.15, 0.2) is 0 Å². The van der Waals surface area contributed by atoms with Crippen LogP contribution < -0.4 is 0 Å². The summed E-state index contributed by atoms with van der Waals surface area (Å²) < 4.78 is 5.48. The zero-order valence-electron chi connectivity index (χ0n) is 16.6. The van der Waals surface area contributed by atoms with Gasteiger partial charge in [-0.2, -0.15) is 0 Å². The Balaban J connectivity index is 1.86. The number of carbonyl (C=O) groups is 2. The molecule has 148 valence electrons. The van der Waals surface area contributed by atoms with Gasteiger partial charge in [-0.25, -0.2) is 4.79 Å². The predicted molar refractivity (Wildman–Crippen MR) is 110 cm³/mol. The van der Waals surface area contributed by atoms with Gasteiger partial charge in [-0.3, -0.25) is 4.79 Å². The van der Waals surface area contributed by atoms with Gasteiger partial charge in [-0.1, -0.05) is 38.3 Å². The molecule has 2 atom stereocenters. The van der Waals surface area contributed by atoms with Gasteiger partial charge in [-0.05, 0) is 56.7 Å². The van der Waals surface area contributed by atoms with Crippen LogP contribution >= 0.6 is 11.8 Å². The Labute approximate surface area is 167 Å². The molecule has 27 heavy (non-hydrogen) atoms. The molecule has 2 aliphatic rings. The molecule has 5 heteroatoms. The van der Waals surface area contributed by atoms with E-state index >= 15 is 0 Å². The summed E-state index contributed by atoms with van der Waals surface area (Å²) >= 11 is 1.76. The molecule has 2 unspecified atom stereocenters. The minimum atomic E-state index is -0.484. The molecule has 1 amide bonds. The van der Waals surface area contributed by atoms with E-state index in [1.165, 1.54) is 24.8 Å². The first-order valence-corrected chi connectivity index (χ1v) is 11.3. The number of aryl methyl sites for hydroxylation is 1. The Bertz CT molecular complexity index is 652. The Kier molecular flexibility index (Phi) is 6.85. The van der Waals surface area contributed by atoms with Crippen molar-refractivity contribution in [2.24, 2.45) is 5.92 Å². The monoisotopic (exact) mass is 389 g/mol. The molecule has 1 saturated carbocycles. The zero-order valence-corrected chi connectivity index (χ0v) is 17.5. The van der Waals surface area contributed by atoms with Crippen LogP contribution in [0, 0.1) is 5.92 Å². The zero-order chi connectivity index (χ0) is 19.4. The van der Waals surface area contributed by atoms with Crippen LogP contribution in [0.25, 0.3) is 0 Å². The maximum absolute atomic E-state index is 13.4. The number of carbonyl (C=O) groups excluding carboxylic acids is 2. The third kappa shape index (κ3) is 4.68. The van der Waals surface area contributed by atoms with Gasteiger partial charge in [0.25, 0.3) is 5.91 Å². The van der Waals surface area contributed by atoms with Crippen molar-refractivity contribution < 1.29 is 14.3 Å². The van der Waals surface area contributed by atoms with E-state index in [-0.39, 0.29) is 23.4 Å². The molecule has 0 N–H and O–H groups in total. The molecule has 0 radical (unpaired) electrons. The lowest BCUT2D eigenvalue weighted by atomic mass is 9.88. The number of hydrogen-bond donors (Lipinski definition) is 0. The Morgan fingerprint density at radius 2 is 1.81 bits per heavy atom. The summed E-state index contributed by atoms with van der Waals surface area (Å²) in [5.41, 5.74) is 1.87. The Morgan fingerprint density at radius 1 is 1.15 bits per heavy atom. The standard InChI is InChI=1S/C22H31NO3S/c1-4-16-10-12-17(13-11-16)20(24)23-19(22(25)26-15(2)3)14-27-21(23)18-8-6-5-7-9-18/h10-13,15,18-19,21H,4-9,14H2,1-3H3. The van der Waals surface area contributed by atoms with Crippen molar-refractivity contribution in [1.82, 2.24) is 4.90 Å². The van der Waals surface area contributed by atoms with Gasteiger partial charge in [0.2, 0.25) is 0 Å². The van der Waals surface area contributed by atoms with Crippen LogP contribution in [-0.4, -0.2) is 40.0 Å². The summed E-state index contributed by atoms with van der Waals surface area (Å²) in [4.78, 5) is 27.9. The minimum absolute atomic E-state index is 0.0380. The van der Waals surface area contributed by atoms with E-state index in [0.717, 1.165) is 19.3 Å². The van der Waals surface area contributed by atoms with E-state index in [4.69, 9.17) is 4.74 Å². The average Bonchev–Trinajstić information content (AvgIpc) is 3.13. The first kappa shape index (κ1) is 20.2. The third-order valence-electron chi connectivity index (χ3n) is 5.56. The highest BCUT2D eigenvalue weighted by Gasteiger charge is 2.46.